The van der Waals surface area contributed by atoms with Crippen LogP contribution in [0.5, 0.6) is 11.5 Å². The second kappa shape index (κ2) is 25.7. The summed E-state index contributed by atoms with van der Waals surface area (Å²) in [4.78, 5) is 79.0. The van der Waals surface area contributed by atoms with E-state index in [4.69, 9.17) is 32.7 Å². The zero-order valence-corrected chi connectivity index (χ0v) is 43.0. The van der Waals surface area contributed by atoms with Gasteiger partial charge in [0.25, 0.3) is 0 Å². The van der Waals surface area contributed by atoms with Crippen LogP contribution in [0.1, 0.15) is 62.9 Å². The van der Waals surface area contributed by atoms with E-state index in [9.17, 15) is 19.2 Å². The standard InChI is InChI=1S/C53H65Cl2N9O7/c1-8-62(9-2)32-43-33-64(59-58-43)44-21-23-46(24-22-44)71-48-28-42(55)20-17-39(48)31-63-36(4)51(67)57-47(34-70-7)53(69)61(6)45(26-38-15-18-41(54)19-16-38)29-49(65)56-30-35(3)60(5)52(68)40(27-50(63)66)25-37-13-11-10-12-14-37/h10-24,28,33,35-36,40,45,47H,8-9,25-27,29-32,34H2,1-7H3,(H,56,65)(H,57,67)/t35-,36-,40+,45-,47-/m0/s1. The van der Waals surface area contributed by atoms with E-state index in [0.717, 1.165) is 35.6 Å². The van der Waals surface area contributed by atoms with E-state index in [1.807, 2.05) is 67.7 Å². The predicted molar refractivity (Wildman–Crippen MR) is 273 cm³/mol. The number of aromatic nitrogens is 3. The van der Waals surface area contributed by atoms with E-state index in [1.165, 1.54) is 16.9 Å². The van der Waals surface area contributed by atoms with Crippen molar-refractivity contribution < 1.29 is 33.4 Å². The van der Waals surface area contributed by atoms with Crippen molar-refractivity contribution in [1.29, 1.82) is 0 Å². The first-order valence-corrected chi connectivity index (χ1v) is 24.7. The lowest BCUT2D eigenvalue weighted by atomic mass is 9.93. The van der Waals surface area contributed by atoms with Gasteiger partial charge in [-0.2, -0.15) is 0 Å². The highest BCUT2D eigenvalue weighted by Gasteiger charge is 2.36. The third-order valence-corrected chi connectivity index (χ3v) is 13.5. The topological polar surface area (TPSA) is 172 Å². The van der Waals surface area contributed by atoms with Gasteiger partial charge in [0.15, 0.2) is 0 Å². The van der Waals surface area contributed by atoms with Crippen LogP contribution in [0.2, 0.25) is 10.0 Å². The van der Waals surface area contributed by atoms with Gasteiger partial charge >= 0.3 is 0 Å². The first kappa shape index (κ1) is 54.0. The highest BCUT2D eigenvalue weighted by atomic mass is 35.5. The Morgan fingerprint density at radius 1 is 0.789 bits per heavy atom. The van der Waals surface area contributed by atoms with Gasteiger partial charge in [-0.25, -0.2) is 4.68 Å². The summed E-state index contributed by atoms with van der Waals surface area (Å²) in [6.07, 6.45) is 2.07. The van der Waals surface area contributed by atoms with Gasteiger partial charge in [-0.1, -0.05) is 90.8 Å². The first-order chi connectivity index (χ1) is 34.1. The summed E-state index contributed by atoms with van der Waals surface area (Å²) < 4.78 is 13.6. The summed E-state index contributed by atoms with van der Waals surface area (Å²) >= 11 is 12.8. The third-order valence-electron chi connectivity index (χ3n) is 13.0. The van der Waals surface area contributed by atoms with Crippen molar-refractivity contribution >= 4 is 52.7 Å². The first-order valence-electron chi connectivity index (χ1n) is 23.9. The molecule has 0 radical (unpaired) electrons. The van der Waals surface area contributed by atoms with Crippen LogP contribution in [-0.2, 0) is 54.6 Å². The third kappa shape index (κ3) is 14.9. The lowest BCUT2D eigenvalue weighted by molar-refractivity contribution is -0.147. The van der Waals surface area contributed by atoms with Crippen LogP contribution >= 0.6 is 23.2 Å². The van der Waals surface area contributed by atoms with Crippen molar-refractivity contribution in [3.05, 3.63) is 136 Å². The minimum absolute atomic E-state index is 0.0757. The van der Waals surface area contributed by atoms with E-state index >= 15 is 4.79 Å². The predicted octanol–water partition coefficient (Wildman–Crippen LogP) is 6.74. The lowest BCUT2D eigenvalue weighted by Gasteiger charge is -2.35. The molecule has 6 rings (SSSR count). The second-order valence-electron chi connectivity index (χ2n) is 18.0. The van der Waals surface area contributed by atoms with Gasteiger partial charge in [0, 0.05) is 74.8 Å². The number of amides is 5. The molecule has 1 saturated heterocycles. The average molecular weight is 1010 g/mol. The van der Waals surface area contributed by atoms with Crippen molar-refractivity contribution in [1.82, 2.24) is 45.2 Å². The summed E-state index contributed by atoms with van der Waals surface area (Å²) in [7, 11) is 4.65. The summed E-state index contributed by atoms with van der Waals surface area (Å²) in [5.74, 6) is -2.33. The molecule has 0 unspecified atom stereocenters. The Kier molecular flexibility index (Phi) is 19.5. The quantitative estimate of drug-likeness (QED) is 0.115. The largest absolute Gasteiger partial charge is 0.457 e. The van der Waals surface area contributed by atoms with Crippen molar-refractivity contribution in [3.63, 3.8) is 0 Å². The molecular weight excluding hydrogens is 946 g/mol. The van der Waals surface area contributed by atoms with Gasteiger partial charge < -0.3 is 34.8 Å². The Balaban J connectivity index is 1.34. The van der Waals surface area contributed by atoms with Crippen LogP contribution in [0.4, 0.5) is 0 Å². The van der Waals surface area contributed by atoms with Gasteiger partial charge in [0.05, 0.1) is 36.6 Å². The number of carbonyl (C=O) groups is 5. The molecule has 18 heteroatoms. The van der Waals surface area contributed by atoms with Gasteiger partial charge in [-0.3, -0.25) is 28.9 Å². The number of methoxy groups -OCH3 is 1. The molecule has 378 valence electrons. The normalized spacial score (nSPS) is 20.2. The monoisotopic (exact) mass is 1010 g/mol. The van der Waals surface area contributed by atoms with E-state index in [1.54, 1.807) is 73.1 Å². The molecule has 16 nitrogen and oxygen atoms in total. The summed E-state index contributed by atoms with van der Waals surface area (Å²) in [5, 5.41) is 15.4. The Labute approximate surface area is 426 Å². The molecule has 5 amide bonds. The smallest absolute Gasteiger partial charge is 0.247 e. The zero-order valence-electron chi connectivity index (χ0n) is 41.5. The van der Waals surface area contributed by atoms with Crippen molar-refractivity contribution in [2.45, 2.75) is 90.6 Å². The zero-order chi connectivity index (χ0) is 51.2. The molecular formula is C53H65Cl2N9O7. The lowest BCUT2D eigenvalue weighted by Crippen LogP contribution is -2.57. The fourth-order valence-electron chi connectivity index (χ4n) is 8.45. The molecule has 0 aliphatic carbocycles. The van der Waals surface area contributed by atoms with Gasteiger partial charge in [-0.15, -0.1) is 5.10 Å². The van der Waals surface area contributed by atoms with E-state index in [0.29, 0.717) is 40.1 Å². The highest BCUT2D eigenvalue weighted by Crippen LogP contribution is 2.32. The molecule has 1 aromatic heterocycles. The van der Waals surface area contributed by atoms with E-state index in [-0.39, 0.29) is 50.8 Å². The molecule has 2 N–H and O–H groups in total. The number of nitrogens with one attached hydrogen (secondary N) is 2. The van der Waals surface area contributed by atoms with Gasteiger partial charge in [-0.05, 0) is 99.4 Å². The van der Waals surface area contributed by atoms with Crippen LogP contribution in [0.25, 0.3) is 5.69 Å². The number of nitrogens with zero attached hydrogens (tertiary/aromatic N) is 7. The van der Waals surface area contributed by atoms with Crippen LogP contribution < -0.4 is 15.4 Å². The average Bonchev–Trinajstić information content (AvgIpc) is 3.84. The van der Waals surface area contributed by atoms with Crippen LogP contribution in [-0.4, -0.2) is 136 Å². The molecule has 0 spiro atoms. The molecule has 5 atom stereocenters. The van der Waals surface area contributed by atoms with Crippen LogP contribution in [0.15, 0.2) is 103 Å². The Hall–Kier alpha value is -6.33. The fourth-order valence-corrected chi connectivity index (χ4v) is 8.74. The number of ether oxygens (including phenoxy) is 2. The molecule has 1 fully saturated rings. The second-order valence-corrected chi connectivity index (χ2v) is 18.9. The maximum atomic E-state index is 15.0. The molecule has 71 heavy (non-hydrogen) atoms. The Bertz CT molecular complexity index is 2580. The fraction of sp³-hybridized carbons (Fsp3) is 0.415. The van der Waals surface area contributed by atoms with Crippen LogP contribution in [0, 0.1) is 5.92 Å². The number of carbonyl (C=O) groups excluding carboxylic acids is 5. The van der Waals surface area contributed by atoms with Crippen molar-refractivity contribution in [2.24, 2.45) is 5.92 Å². The number of hydrogen-bond donors (Lipinski definition) is 2. The van der Waals surface area contributed by atoms with Crippen LogP contribution in [0.3, 0.4) is 0 Å². The number of hydrogen-bond acceptors (Lipinski definition) is 10. The summed E-state index contributed by atoms with van der Waals surface area (Å²) in [6.45, 7) is 9.86. The molecule has 1 aliphatic heterocycles. The van der Waals surface area contributed by atoms with Crippen molar-refractivity contribution in [3.8, 4) is 17.2 Å². The maximum Gasteiger partial charge on any atom is 0.247 e. The molecule has 0 saturated carbocycles. The minimum Gasteiger partial charge on any atom is -0.457 e. The molecule has 2 heterocycles. The Morgan fingerprint density at radius 3 is 2.14 bits per heavy atom. The number of likely N-dealkylation sites (N-methyl/N-ethyl adjacent to an activating group) is 2. The molecule has 4 aromatic carbocycles. The van der Waals surface area contributed by atoms with Crippen molar-refractivity contribution in [2.75, 3.05) is 47.4 Å². The SMILES string of the molecule is CCN(CC)Cc1cn(-c2ccc(Oc3cc(Cl)ccc3CN3C(=O)C[C@@H](Cc4ccccc4)C(=O)N(C)[C@@H](C)CNC(=O)C[C@H](Cc4ccc(Cl)cc4)N(C)C(=O)[C@H](COC)NC(=O)[C@@H]3C)cc2)nn1. The maximum absolute atomic E-state index is 15.0. The number of rotatable bonds is 15. The Morgan fingerprint density at radius 2 is 1.46 bits per heavy atom. The van der Waals surface area contributed by atoms with Gasteiger partial charge in [0.2, 0.25) is 29.5 Å². The summed E-state index contributed by atoms with van der Waals surface area (Å²) in [6, 6.07) is 25.3. The number of benzene rings is 4. The number of halogens is 2. The molecule has 1 aliphatic rings. The summed E-state index contributed by atoms with van der Waals surface area (Å²) in [5.41, 5.74) is 3.81. The highest BCUT2D eigenvalue weighted by molar-refractivity contribution is 6.31. The van der Waals surface area contributed by atoms with E-state index in [2.05, 4.69) is 39.7 Å². The van der Waals surface area contributed by atoms with E-state index < -0.39 is 47.8 Å². The molecule has 5 aromatic rings. The minimum atomic E-state index is -1.20. The molecule has 0 bridgehead atoms. The van der Waals surface area contributed by atoms with Gasteiger partial charge in [0.1, 0.15) is 23.6 Å².